The minimum atomic E-state index is -1.06. The van der Waals surface area contributed by atoms with Gasteiger partial charge in [0.05, 0.1) is 0 Å². The number of nitrogens with zero attached hydrogens (tertiary/aromatic N) is 1. The quantitative estimate of drug-likeness (QED) is 0.865. The van der Waals surface area contributed by atoms with Crippen LogP contribution in [0, 0.1) is 0 Å². The summed E-state index contributed by atoms with van der Waals surface area (Å²) in [5.41, 5.74) is 1.54. The fourth-order valence-corrected chi connectivity index (χ4v) is 4.38. The number of ether oxygens (including phenoxy) is 1. The van der Waals surface area contributed by atoms with Gasteiger partial charge in [-0.3, -0.25) is 4.90 Å². The van der Waals surface area contributed by atoms with Gasteiger partial charge in [0, 0.05) is 16.3 Å². The molecule has 0 saturated carbocycles. The standard InChI is InChI=1S/C18H16ClNO4S/c19-14-9-5-4-8-13(14)16-20(15(11-25-16)17(21)22)18(23)24-10-12-6-2-1-3-7-12/h1-9,15-16H,10-11H2,(H,21,22). The highest BCUT2D eigenvalue weighted by molar-refractivity contribution is 7.99. The van der Waals surface area contributed by atoms with E-state index in [1.807, 2.05) is 36.4 Å². The maximum Gasteiger partial charge on any atom is 0.412 e. The topological polar surface area (TPSA) is 66.8 Å². The third-order valence-electron chi connectivity index (χ3n) is 3.87. The van der Waals surface area contributed by atoms with Crippen LogP contribution in [0.5, 0.6) is 0 Å². The van der Waals surface area contributed by atoms with Crippen molar-refractivity contribution in [2.24, 2.45) is 0 Å². The zero-order chi connectivity index (χ0) is 17.8. The number of carbonyl (C=O) groups is 2. The Labute approximate surface area is 154 Å². The summed E-state index contributed by atoms with van der Waals surface area (Å²) >= 11 is 7.60. The molecule has 7 heteroatoms. The Balaban J connectivity index is 1.81. The maximum absolute atomic E-state index is 12.6. The number of rotatable bonds is 4. The van der Waals surface area contributed by atoms with Gasteiger partial charge in [-0.05, 0) is 11.6 Å². The summed E-state index contributed by atoms with van der Waals surface area (Å²) in [5, 5.41) is 9.46. The molecule has 5 nitrogen and oxygen atoms in total. The van der Waals surface area contributed by atoms with Crippen molar-refractivity contribution in [1.29, 1.82) is 0 Å². The molecule has 1 aliphatic rings. The molecule has 3 rings (SSSR count). The van der Waals surface area contributed by atoms with Crippen LogP contribution in [0.4, 0.5) is 4.79 Å². The van der Waals surface area contributed by atoms with Crippen LogP contribution in [-0.2, 0) is 16.1 Å². The lowest BCUT2D eigenvalue weighted by atomic mass is 10.2. The van der Waals surface area contributed by atoms with Crippen LogP contribution >= 0.6 is 23.4 Å². The van der Waals surface area contributed by atoms with Crippen LogP contribution in [0.15, 0.2) is 54.6 Å². The van der Waals surface area contributed by atoms with Gasteiger partial charge in [-0.2, -0.15) is 0 Å². The molecule has 2 aromatic carbocycles. The molecule has 2 unspecified atom stereocenters. The molecule has 0 bridgehead atoms. The van der Waals surface area contributed by atoms with Crippen LogP contribution in [0.1, 0.15) is 16.5 Å². The smallest absolute Gasteiger partial charge is 0.412 e. The van der Waals surface area contributed by atoms with Crippen molar-refractivity contribution in [3.05, 3.63) is 70.7 Å². The predicted octanol–water partition coefficient (Wildman–Crippen LogP) is 4.18. The summed E-state index contributed by atoms with van der Waals surface area (Å²) in [6.07, 6.45) is -0.661. The number of amides is 1. The second-order valence-electron chi connectivity index (χ2n) is 5.51. The van der Waals surface area contributed by atoms with E-state index in [1.165, 1.54) is 16.7 Å². The van der Waals surface area contributed by atoms with E-state index >= 15 is 0 Å². The average molecular weight is 378 g/mol. The molecule has 1 aliphatic heterocycles. The molecule has 0 radical (unpaired) electrons. The first-order valence-corrected chi connectivity index (χ1v) is 9.08. The number of hydrogen-bond donors (Lipinski definition) is 1. The van der Waals surface area contributed by atoms with Crippen molar-refractivity contribution in [2.45, 2.75) is 18.0 Å². The van der Waals surface area contributed by atoms with Crippen LogP contribution in [0.25, 0.3) is 0 Å². The summed E-state index contributed by atoms with van der Waals surface area (Å²) in [6, 6.07) is 15.4. The number of carboxylic acid groups (broad SMARTS) is 1. The van der Waals surface area contributed by atoms with Gasteiger partial charge in [-0.15, -0.1) is 11.8 Å². The number of aliphatic carboxylic acids is 1. The lowest BCUT2D eigenvalue weighted by Gasteiger charge is -2.27. The highest BCUT2D eigenvalue weighted by Gasteiger charge is 2.44. The summed E-state index contributed by atoms with van der Waals surface area (Å²) in [4.78, 5) is 25.4. The lowest BCUT2D eigenvalue weighted by Crippen LogP contribution is -2.43. The number of benzene rings is 2. The zero-order valence-electron chi connectivity index (χ0n) is 13.2. The van der Waals surface area contributed by atoms with Crippen molar-refractivity contribution < 1.29 is 19.4 Å². The minimum Gasteiger partial charge on any atom is -0.480 e. The summed E-state index contributed by atoms with van der Waals surface area (Å²) in [7, 11) is 0. The van der Waals surface area contributed by atoms with Crippen molar-refractivity contribution >= 4 is 35.4 Å². The molecule has 0 aromatic heterocycles. The summed E-state index contributed by atoms with van der Waals surface area (Å²) in [5.74, 6) is -0.773. The zero-order valence-corrected chi connectivity index (χ0v) is 14.7. The number of carboxylic acids is 1. The molecule has 1 amide bonds. The SMILES string of the molecule is O=C(O)C1CSC(c2ccccc2Cl)N1C(=O)OCc1ccccc1. The fraction of sp³-hybridized carbons (Fsp3) is 0.222. The van der Waals surface area contributed by atoms with E-state index < -0.39 is 23.5 Å². The molecule has 0 spiro atoms. The Kier molecular flexibility index (Phi) is 5.50. The third-order valence-corrected chi connectivity index (χ3v) is 5.52. The van der Waals surface area contributed by atoms with E-state index in [0.29, 0.717) is 10.6 Å². The first kappa shape index (κ1) is 17.6. The van der Waals surface area contributed by atoms with Crippen molar-refractivity contribution in [3.63, 3.8) is 0 Å². The molecule has 2 aromatic rings. The molecule has 0 aliphatic carbocycles. The van der Waals surface area contributed by atoms with E-state index in [0.717, 1.165) is 5.56 Å². The lowest BCUT2D eigenvalue weighted by molar-refractivity contribution is -0.141. The first-order valence-electron chi connectivity index (χ1n) is 7.66. The monoisotopic (exact) mass is 377 g/mol. The molecule has 1 saturated heterocycles. The maximum atomic E-state index is 12.6. The van der Waals surface area contributed by atoms with Crippen molar-refractivity contribution in [3.8, 4) is 0 Å². The minimum absolute atomic E-state index is 0.0857. The molecule has 1 fully saturated rings. The van der Waals surface area contributed by atoms with Gasteiger partial charge in [0.25, 0.3) is 0 Å². The first-order chi connectivity index (χ1) is 12.1. The van der Waals surface area contributed by atoms with Crippen LogP contribution < -0.4 is 0 Å². The highest BCUT2D eigenvalue weighted by atomic mass is 35.5. The summed E-state index contributed by atoms with van der Waals surface area (Å²) in [6.45, 7) is 0.0857. The Morgan fingerprint density at radius 2 is 1.84 bits per heavy atom. The van der Waals surface area contributed by atoms with Crippen LogP contribution in [0.2, 0.25) is 5.02 Å². The van der Waals surface area contributed by atoms with Crippen molar-refractivity contribution in [2.75, 3.05) is 5.75 Å². The van der Waals surface area contributed by atoms with Gasteiger partial charge < -0.3 is 9.84 Å². The van der Waals surface area contributed by atoms with Crippen molar-refractivity contribution in [1.82, 2.24) is 4.90 Å². The molecule has 2 atom stereocenters. The van der Waals surface area contributed by atoms with Gasteiger partial charge in [0.1, 0.15) is 18.0 Å². The summed E-state index contributed by atoms with van der Waals surface area (Å²) < 4.78 is 5.35. The van der Waals surface area contributed by atoms with Crippen LogP contribution in [-0.4, -0.2) is 33.9 Å². The van der Waals surface area contributed by atoms with Gasteiger partial charge in [0.15, 0.2) is 0 Å². The second kappa shape index (κ2) is 7.80. The number of halogens is 1. The van der Waals surface area contributed by atoms with E-state index in [-0.39, 0.29) is 12.4 Å². The van der Waals surface area contributed by atoms with E-state index in [9.17, 15) is 14.7 Å². The Morgan fingerprint density at radius 1 is 1.16 bits per heavy atom. The van der Waals surface area contributed by atoms with Gasteiger partial charge >= 0.3 is 12.1 Å². The second-order valence-corrected chi connectivity index (χ2v) is 7.03. The van der Waals surface area contributed by atoms with E-state index in [2.05, 4.69) is 0 Å². The molecular formula is C18H16ClNO4S. The third kappa shape index (κ3) is 3.91. The number of thioether (sulfide) groups is 1. The molecule has 25 heavy (non-hydrogen) atoms. The molecular weight excluding hydrogens is 362 g/mol. The largest absolute Gasteiger partial charge is 0.480 e. The van der Waals surface area contributed by atoms with Crippen LogP contribution in [0.3, 0.4) is 0 Å². The van der Waals surface area contributed by atoms with E-state index in [1.54, 1.807) is 18.2 Å². The van der Waals surface area contributed by atoms with Gasteiger partial charge in [-0.25, -0.2) is 9.59 Å². The Bertz CT molecular complexity index is 771. The van der Waals surface area contributed by atoms with Gasteiger partial charge in [-0.1, -0.05) is 60.1 Å². The molecule has 130 valence electrons. The number of carbonyl (C=O) groups excluding carboxylic acids is 1. The molecule has 1 N–H and O–H groups in total. The normalized spacial score (nSPS) is 19.6. The average Bonchev–Trinajstić information content (AvgIpc) is 3.06. The Hall–Kier alpha value is -2.18. The Morgan fingerprint density at radius 3 is 2.52 bits per heavy atom. The molecule has 1 heterocycles. The highest BCUT2D eigenvalue weighted by Crippen LogP contribution is 2.44. The van der Waals surface area contributed by atoms with Gasteiger partial charge in [0.2, 0.25) is 0 Å². The predicted molar refractivity (Wildman–Crippen MR) is 96.5 cm³/mol. The fourth-order valence-electron chi connectivity index (χ4n) is 2.63. The number of hydrogen-bond acceptors (Lipinski definition) is 4. The van der Waals surface area contributed by atoms with E-state index in [4.69, 9.17) is 16.3 Å².